The van der Waals surface area contributed by atoms with Crippen molar-refractivity contribution >= 4 is 56.2 Å². The first-order valence-electron chi connectivity index (χ1n) is 14.8. The van der Waals surface area contributed by atoms with Gasteiger partial charge < -0.3 is 19.5 Å². The Kier molecular flexibility index (Phi) is 10.3. The van der Waals surface area contributed by atoms with Gasteiger partial charge >= 0.3 is 0 Å². The van der Waals surface area contributed by atoms with Crippen LogP contribution in [0.4, 0.5) is 5.69 Å². The van der Waals surface area contributed by atoms with Crippen LogP contribution in [-0.2, 0) is 4.79 Å². The van der Waals surface area contributed by atoms with E-state index in [0.29, 0.717) is 32.5 Å². The molecule has 0 atom stereocenters. The normalized spacial score (nSPS) is 11.3. The summed E-state index contributed by atoms with van der Waals surface area (Å²) in [4.78, 5) is 31.4. The van der Waals surface area contributed by atoms with Crippen molar-refractivity contribution < 1.29 is 19.0 Å². The van der Waals surface area contributed by atoms with Crippen molar-refractivity contribution in [3.8, 4) is 28.6 Å². The predicted molar refractivity (Wildman–Crippen MR) is 191 cm³/mol. The second kappa shape index (κ2) is 14.4. The minimum Gasteiger partial charge on any atom is -0.496 e. The molecule has 0 unspecified atom stereocenters. The zero-order valence-corrected chi connectivity index (χ0v) is 29.2. The fourth-order valence-electron chi connectivity index (χ4n) is 5.05. The third-order valence-corrected chi connectivity index (χ3v) is 9.01. The van der Waals surface area contributed by atoms with E-state index in [2.05, 4.69) is 40.2 Å². The molecule has 5 aromatic rings. The van der Waals surface area contributed by atoms with Crippen LogP contribution >= 0.6 is 27.5 Å². The topological polar surface area (TPSA) is 104 Å². The van der Waals surface area contributed by atoms with Crippen molar-refractivity contribution in [3.63, 3.8) is 0 Å². The van der Waals surface area contributed by atoms with Gasteiger partial charge in [-0.3, -0.25) is 9.59 Å². The van der Waals surface area contributed by atoms with Gasteiger partial charge in [-0.15, -0.1) is 0 Å². The number of halogens is 2. The number of nitrogens with zero attached hydrogens (tertiary/aromatic N) is 3. The Morgan fingerprint density at radius 3 is 2.43 bits per heavy atom. The van der Waals surface area contributed by atoms with Crippen molar-refractivity contribution in [1.82, 2.24) is 9.66 Å². The summed E-state index contributed by atoms with van der Waals surface area (Å²) in [5, 5.41) is 8.02. The first kappa shape index (κ1) is 33.7. The number of ether oxygens (including phenoxy) is 3. The maximum atomic E-state index is 13.9. The number of fused-ring (bicyclic) bond motifs is 1. The first-order valence-corrected chi connectivity index (χ1v) is 16.0. The van der Waals surface area contributed by atoms with E-state index in [1.807, 2.05) is 56.3 Å². The highest BCUT2D eigenvalue weighted by atomic mass is 79.9. The molecule has 0 aliphatic carbocycles. The standard InChI is InChI=1S/C36H34BrClN4O5/c1-20(2)26-17-27(22(4)15-29(26)45-5)35-41-28-10-8-7-9-25(28)36(44)42(35)39-18-23-16-30(46-6)34(33(38)32(23)37)47-19-31(43)40-24-13-11-21(3)12-14-24/h7-18,20H,19H2,1-6H3,(H,40,43). The van der Waals surface area contributed by atoms with Gasteiger partial charge in [0.2, 0.25) is 0 Å². The second-order valence-corrected chi connectivity index (χ2v) is 12.4. The number of para-hydroxylation sites is 1. The Balaban J connectivity index is 1.54. The monoisotopic (exact) mass is 716 g/mol. The molecular weight excluding hydrogens is 684 g/mol. The van der Waals surface area contributed by atoms with Gasteiger partial charge in [-0.25, -0.2) is 4.98 Å². The average molecular weight is 718 g/mol. The summed E-state index contributed by atoms with van der Waals surface area (Å²) < 4.78 is 18.7. The summed E-state index contributed by atoms with van der Waals surface area (Å²) in [6, 6.07) is 20.2. The molecule has 0 radical (unpaired) electrons. The van der Waals surface area contributed by atoms with Crippen molar-refractivity contribution in [2.45, 2.75) is 33.6 Å². The van der Waals surface area contributed by atoms with E-state index >= 15 is 0 Å². The van der Waals surface area contributed by atoms with Crippen LogP contribution in [0.1, 0.15) is 42.0 Å². The number of amides is 1. The molecule has 242 valence electrons. The number of anilines is 1. The molecule has 4 aromatic carbocycles. The molecule has 0 aliphatic rings. The zero-order chi connectivity index (χ0) is 33.8. The lowest BCUT2D eigenvalue weighted by Crippen LogP contribution is -2.21. The molecule has 0 saturated heterocycles. The number of benzene rings is 4. The Bertz CT molecular complexity index is 2060. The molecule has 0 spiro atoms. The summed E-state index contributed by atoms with van der Waals surface area (Å²) in [7, 11) is 3.11. The van der Waals surface area contributed by atoms with Crippen LogP contribution in [0.2, 0.25) is 5.02 Å². The van der Waals surface area contributed by atoms with E-state index in [9.17, 15) is 9.59 Å². The maximum absolute atomic E-state index is 13.9. The van der Waals surface area contributed by atoms with Gasteiger partial charge in [0.15, 0.2) is 23.9 Å². The fourth-order valence-corrected chi connectivity index (χ4v) is 5.70. The van der Waals surface area contributed by atoms with Crippen LogP contribution in [-0.4, -0.2) is 42.6 Å². The van der Waals surface area contributed by atoms with Crippen molar-refractivity contribution in [2.24, 2.45) is 5.10 Å². The molecule has 5 rings (SSSR count). The lowest BCUT2D eigenvalue weighted by atomic mass is 9.96. The smallest absolute Gasteiger partial charge is 0.282 e. The highest BCUT2D eigenvalue weighted by Gasteiger charge is 2.21. The predicted octanol–water partition coefficient (Wildman–Crippen LogP) is 8.14. The number of rotatable bonds is 10. The molecule has 0 saturated carbocycles. The minimum absolute atomic E-state index is 0.161. The Hall–Kier alpha value is -4.67. The summed E-state index contributed by atoms with van der Waals surface area (Å²) in [5.41, 5.74) is 5.05. The first-order chi connectivity index (χ1) is 22.5. The number of hydrogen-bond donors (Lipinski definition) is 1. The summed E-state index contributed by atoms with van der Waals surface area (Å²) >= 11 is 10.3. The Morgan fingerprint density at radius 1 is 1.04 bits per heavy atom. The molecule has 11 heteroatoms. The quantitative estimate of drug-likeness (QED) is 0.146. The van der Waals surface area contributed by atoms with E-state index < -0.39 is 0 Å². The largest absolute Gasteiger partial charge is 0.496 e. The van der Waals surface area contributed by atoms with E-state index in [0.717, 1.165) is 28.0 Å². The Morgan fingerprint density at radius 2 is 1.74 bits per heavy atom. The molecule has 1 heterocycles. The number of aromatic nitrogens is 2. The van der Waals surface area contributed by atoms with Crippen LogP contribution in [0.25, 0.3) is 22.3 Å². The van der Waals surface area contributed by atoms with E-state index in [4.69, 9.17) is 30.8 Å². The van der Waals surface area contributed by atoms with Crippen molar-refractivity contribution in [1.29, 1.82) is 0 Å². The van der Waals surface area contributed by atoms with Gasteiger partial charge in [-0.2, -0.15) is 9.78 Å². The number of hydrogen-bond acceptors (Lipinski definition) is 7. The molecule has 1 N–H and O–H groups in total. The van der Waals surface area contributed by atoms with Gasteiger partial charge in [-0.05, 0) is 89.3 Å². The fraction of sp³-hybridized carbons (Fsp3) is 0.222. The Labute approximate surface area is 286 Å². The van der Waals surface area contributed by atoms with Gasteiger partial charge in [-0.1, -0.05) is 55.3 Å². The van der Waals surface area contributed by atoms with Crippen LogP contribution in [0, 0.1) is 13.8 Å². The summed E-state index contributed by atoms with van der Waals surface area (Å²) in [6.45, 7) is 7.77. The molecule has 0 aliphatic heterocycles. The lowest BCUT2D eigenvalue weighted by Gasteiger charge is -2.17. The number of carbonyl (C=O) groups is 1. The van der Waals surface area contributed by atoms with Crippen LogP contribution in [0.3, 0.4) is 0 Å². The number of aryl methyl sites for hydroxylation is 2. The summed E-state index contributed by atoms with van der Waals surface area (Å²) in [6.07, 6.45) is 1.50. The van der Waals surface area contributed by atoms with Crippen LogP contribution < -0.4 is 25.1 Å². The SMILES string of the molecule is COc1cc(C)c(-c2nc3ccccc3c(=O)n2N=Cc2cc(OC)c(OCC(=O)Nc3ccc(C)cc3)c(Cl)c2Br)cc1C(C)C. The average Bonchev–Trinajstić information content (AvgIpc) is 3.06. The minimum atomic E-state index is -0.362. The highest BCUT2D eigenvalue weighted by molar-refractivity contribution is 9.10. The zero-order valence-electron chi connectivity index (χ0n) is 26.9. The second-order valence-electron chi connectivity index (χ2n) is 11.2. The van der Waals surface area contributed by atoms with Crippen molar-refractivity contribution in [2.75, 3.05) is 26.1 Å². The number of carbonyl (C=O) groups excluding carboxylic acids is 1. The van der Waals surface area contributed by atoms with Gasteiger partial charge in [0, 0.05) is 21.3 Å². The van der Waals surface area contributed by atoms with E-state index in [1.54, 1.807) is 31.4 Å². The highest BCUT2D eigenvalue weighted by Crippen LogP contribution is 2.42. The molecule has 0 bridgehead atoms. The lowest BCUT2D eigenvalue weighted by molar-refractivity contribution is -0.118. The van der Waals surface area contributed by atoms with Crippen LogP contribution in [0.15, 0.2) is 81.1 Å². The molecular formula is C36H34BrClN4O5. The van der Waals surface area contributed by atoms with Gasteiger partial charge in [0.05, 0.1) is 31.3 Å². The van der Waals surface area contributed by atoms with Crippen LogP contribution in [0.5, 0.6) is 17.2 Å². The molecule has 47 heavy (non-hydrogen) atoms. The third kappa shape index (κ3) is 7.18. The number of nitrogens with one attached hydrogen (secondary N) is 1. The maximum Gasteiger partial charge on any atom is 0.282 e. The van der Waals surface area contributed by atoms with Gasteiger partial charge in [0.1, 0.15) is 10.8 Å². The third-order valence-electron chi connectivity index (χ3n) is 7.56. The molecule has 1 amide bonds. The number of methoxy groups -OCH3 is 2. The van der Waals surface area contributed by atoms with Gasteiger partial charge in [0.25, 0.3) is 11.5 Å². The molecule has 1 aromatic heterocycles. The summed E-state index contributed by atoms with van der Waals surface area (Å²) in [5.74, 6) is 1.39. The van der Waals surface area contributed by atoms with Crippen molar-refractivity contribution in [3.05, 3.63) is 109 Å². The molecule has 9 nitrogen and oxygen atoms in total. The molecule has 0 fully saturated rings. The van der Waals surface area contributed by atoms with E-state index in [-0.39, 0.29) is 40.5 Å². The van der Waals surface area contributed by atoms with E-state index in [1.165, 1.54) is 18.0 Å².